The maximum absolute atomic E-state index is 14.5. The third kappa shape index (κ3) is 5.58. The minimum absolute atomic E-state index is 0.00548. The number of thiazole rings is 1. The number of nitrogens with zero attached hydrogens (tertiary/aromatic N) is 5. The monoisotopic (exact) mass is 530 g/mol. The summed E-state index contributed by atoms with van der Waals surface area (Å²) in [6.45, 7) is 2.23. The van der Waals surface area contributed by atoms with Crippen molar-refractivity contribution in [2.45, 2.75) is 38.4 Å². The Hall–Kier alpha value is -3.29. The molecule has 0 saturated carbocycles. The van der Waals surface area contributed by atoms with Gasteiger partial charge in [-0.15, -0.1) is 11.3 Å². The lowest BCUT2D eigenvalue weighted by atomic mass is 9.88. The lowest BCUT2D eigenvalue weighted by Crippen LogP contribution is -2.57. The second kappa shape index (κ2) is 9.64. The highest BCUT2D eigenvalue weighted by Crippen LogP contribution is 2.37. The third-order valence-electron chi connectivity index (χ3n) is 5.67. The van der Waals surface area contributed by atoms with E-state index in [1.165, 1.54) is 6.20 Å². The number of aromatic nitrogens is 4. The normalized spacial score (nSPS) is 19.8. The molecule has 7 nitrogen and oxygen atoms in total. The molecule has 0 aliphatic carbocycles. The van der Waals surface area contributed by atoms with Gasteiger partial charge in [-0.05, 0) is 18.9 Å². The maximum Gasteiger partial charge on any atom is 0.434 e. The van der Waals surface area contributed by atoms with E-state index in [4.69, 9.17) is 0 Å². The number of pyridine rings is 1. The average Bonchev–Trinajstić information content (AvgIpc) is 3.18. The van der Waals surface area contributed by atoms with Crippen molar-refractivity contribution in [3.05, 3.63) is 52.9 Å². The van der Waals surface area contributed by atoms with E-state index in [1.54, 1.807) is 13.8 Å². The number of anilines is 1. The van der Waals surface area contributed by atoms with Crippen LogP contribution in [0.2, 0.25) is 0 Å². The molecule has 0 aromatic carbocycles. The number of likely N-dealkylation sites (tertiary alicyclic amines) is 1. The van der Waals surface area contributed by atoms with E-state index in [0.29, 0.717) is 11.2 Å². The molecule has 14 heteroatoms. The quantitative estimate of drug-likeness (QED) is 0.465. The first-order valence-corrected chi connectivity index (χ1v) is 11.6. The number of amides is 1. The Bertz CT molecular complexity index is 1250. The number of nitrogens with one attached hydrogen (secondary N) is 1. The molecule has 0 bridgehead atoms. The second-order valence-electron chi connectivity index (χ2n) is 8.47. The number of halogens is 6. The lowest BCUT2D eigenvalue weighted by Gasteiger charge is -2.43. The molecule has 1 saturated heterocycles. The van der Waals surface area contributed by atoms with Gasteiger partial charge >= 0.3 is 6.18 Å². The van der Waals surface area contributed by atoms with Gasteiger partial charge in [0.25, 0.3) is 11.8 Å². The number of hydrogen-bond donors (Lipinski definition) is 1. The molecule has 0 unspecified atom stereocenters. The van der Waals surface area contributed by atoms with E-state index in [2.05, 4.69) is 25.3 Å². The summed E-state index contributed by atoms with van der Waals surface area (Å²) < 4.78 is 81.0. The summed E-state index contributed by atoms with van der Waals surface area (Å²) in [7, 11) is 0. The van der Waals surface area contributed by atoms with Crippen LogP contribution in [0.15, 0.2) is 30.7 Å². The van der Waals surface area contributed by atoms with Gasteiger partial charge in [0.15, 0.2) is 5.69 Å². The van der Waals surface area contributed by atoms with Crippen LogP contribution in [0.4, 0.5) is 32.2 Å². The summed E-state index contributed by atoms with van der Waals surface area (Å²) in [5.74, 6) is -5.21. The summed E-state index contributed by atoms with van der Waals surface area (Å²) in [4.78, 5) is 30.1. The van der Waals surface area contributed by atoms with Crippen molar-refractivity contribution in [3.63, 3.8) is 0 Å². The molecule has 1 fully saturated rings. The molecular formula is C22H20F6N6OS. The van der Waals surface area contributed by atoms with Crippen molar-refractivity contribution in [2.75, 3.05) is 18.4 Å². The highest BCUT2D eigenvalue weighted by molar-refractivity contribution is 7.15. The first-order valence-electron chi connectivity index (χ1n) is 10.8. The summed E-state index contributed by atoms with van der Waals surface area (Å²) >= 11 is 1.08. The number of aryl methyl sites for hydroxylation is 1. The Morgan fingerprint density at radius 1 is 1.25 bits per heavy atom. The van der Waals surface area contributed by atoms with Crippen molar-refractivity contribution in [3.8, 4) is 10.6 Å². The molecule has 1 aliphatic rings. The predicted octanol–water partition coefficient (Wildman–Crippen LogP) is 5.06. The molecule has 0 spiro atoms. The van der Waals surface area contributed by atoms with Crippen LogP contribution in [-0.2, 0) is 6.18 Å². The molecule has 1 amide bonds. The standard InChI is InChI=1S/C22H20F6N6OS/c1-11-6-21(24,25)10-34(15(11)7-31-17-9-30-16(8-32-17)22(26,27)28)20(35)18-19(36-12(2)33-18)14-5-13(23)3-4-29-14/h3-5,8-9,11,15H,6-7,10H2,1-2H3,(H,31,32)/t11-,15-/m1/s1. The van der Waals surface area contributed by atoms with Crippen LogP contribution in [0.25, 0.3) is 10.6 Å². The fourth-order valence-electron chi connectivity index (χ4n) is 4.06. The molecule has 4 rings (SSSR count). The third-order valence-corrected chi connectivity index (χ3v) is 6.66. The number of carbonyl (C=O) groups excluding carboxylic acids is 1. The van der Waals surface area contributed by atoms with Crippen molar-refractivity contribution >= 4 is 23.1 Å². The van der Waals surface area contributed by atoms with Crippen molar-refractivity contribution in [2.24, 2.45) is 5.92 Å². The fraction of sp³-hybridized carbons (Fsp3) is 0.409. The highest BCUT2D eigenvalue weighted by atomic mass is 32.1. The Balaban J connectivity index is 1.61. The van der Waals surface area contributed by atoms with Gasteiger partial charge in [-0.25, -0.2) is 28.1 Å². The Labute approximate surface area is 205 Å². The van der Waals surface area contributed by atoms with Crippen molar-refractivity contribution in [1.82, 2.24) is 24.8 Å². The van der Waals surface area contributed by atoms with E-state index in [0.717, 1.165) is 34.6 Å². The number of alkyl halides is 5. The minimum Gasteiger partial charge on any atom is -0.367 e. The van der Waals surface area contributed by atoms with E-state index in [9.17, 15) is 31.1 Å². The fourth-order valence-corrected chi connectivity index (χ4v) is 4.94. The van der Waals surface area contributed by atoms with Gasteiger partial charge in [0.2, 0.25) is 0 Å². The number of hydrogen-bond acceptors (Lipinski definition) is 7. The van der Waals surface area contributed by atoms with Crippen LogP contribution in [0.3, 0.4) is 0 Å². The van der Waals surface area contributed by atoms with Gasteiger partial charge in [-0.1, -0.05) is 6.92 Å². The summed E-state index contributed by atoms with van der Waals surface area (Å²) in [5, 5.41) is 3.25. The largest absolute Gasteiger partial charge is 0.434 e. The van der Waals surface area contributed by atoms with E-state index in [1.807, 2.05) is 0 Å². The second-order valence-corrected chi connectivity index (χ2v) is 9.68. The van der Waals surface area contributed by atoms with Gasteiger partial charge in [0, 0.05) is 25.2 Å². The molecule has 0 radical (unpaired) electrons. The van der Waals surface area contributed by atoms with Gasteiger partial charge in [0.1, 0.15) is 17.3 Å². The van der Waals surface area contributed by atoms with Crippen LogP contribution < -0.4 is 5.32 Å². The number of rotatable bonds is 5. The molecule has 3 aromatic rings. The topological polar surface area (TPSA) is 83.9 Å². The number of carbonyl (C=O) groups is 1. The molecule has 4 heterocycles. The molecule has 2 atom stereocenters. The number of piperidine rings is 1. The zero-order valence-corrected chi connectivity index (χ0v) is 19.8. The molecule has 192 valence electrons. The Morgan fingerprint density at radius 3 is 2.64 bits per heavy atom. The molecule has 1 aliphatic heterocycles. The first kappa shape index (κ1) is 25.8. The predicted molar refractivity (Wildman–Crippen MR) is 119 cm³/mol. The van der Waals surface area contributed by atoms with Gasteiger partial charge in [-0.2, -0.15) is 13.2 Å². The molecule has 1 N–H and O–H groups in total. The summed E-state index contributed by atoms with van der Waals surface area (Å²) in [6.07, 6.45) is -2.48. The van der Waals surface area contributed by atoms with E-state index < -0.39 is 54.4 Å². The Kier molecular flexibility index (Phi) is 6.90. The lowest BCUT2D eigenvalue weighted by molar-refractivity contribution is -0.141. The van der Waals surface area contributed by atoms with Crippen LogP contribution in [0.5, 0.6) is 0 Å². The van der Waals surface area contributed by atoms with Gasteiger partial charge in [-0.3, -0.25) is 9.78 Å². The average molecular weight is 530 g/mol. The van der Waals surface area contributed by atoms with Crippen LogP contribution in [0.1, 0.15) is 34.5 Å². The summed E-state index contributed by atoms with van der Waals surface area (Å²) in [6, 6.07) is 1.49. The van der Waals surface area contributed by atoms with Gasteiger partial charge in [0.05, 0.1) is 40.6 Å². The Morgan fingerprint density at radius 2 is 2.00 bits per heavy atom. The summed E-state index contributed by atoms with van der Waals surface area (Å²) in [5.41, 5.74) is -1.15. The SMILES string of the molecule is Cc1nc(C(=O)N2CC(F)(F)C[C@@H](C)[C@H]2CNc2cnc(C(F)(F)F)cn2)c(-c2cc(F)ccn2)s1. The zero-order chi connectivity index (χ0) is 26.3. The first-order chi connectivity index (χ1) is 16.8. The molecular weight excluding hydrogens is 510 g/mol. The van der Waals surface area contributed by atoms with Crippen molar-refractivity contribution in [1.29, 1.82) is 0 Å². The van der Waals surface area contributed by atoms with Gasteiger partial charge < -0.3 is 10.2 Å². The van der Waals surface area contributed by atoms with Crippen LogP contribution in [0, 0.1) is 18.7 Å². The van der Waals surface area contributed by atoms with E-state index >= 15 is 0 Å². The van der Waals surface area contributed by atoms with Crippen LogP contribution in [-0.4, -0.2) is 55.8 Å². The zero-order valence-electron chi connectivity index (χ0n) is 19.0. The van der Waals surface area contributed by atoms with Crippen LogP contribution >= 0.6 is 11.3 Å². The minimum atomic E-state index is -4.65. The van der Waals surface area contributed by atoms with E-state index in [-0.39, 0.29) is 28.6 Å². The highest BCUT2D eigenvalue weighted by Gasteiger charge is 2.47. The molecule has 36 heavy (non-hydrogen) atoms. The smallest absolute Gasteiger partial charge is 0.367 e. The maximum atomic E-state index is 14.5. The molecule has 3 aromatic heterocycles. The van der Waals surface area contributed by atoms with Crippen molar-refractivity contribution < 1.29 is 31.1 Å².